The number of aryl methyl sites for hydroxylation is 1. The minimum atomic E-state index is 0.751. The van der Waals surface area contributed by atoms with Crippen LogP contribution in [0.4, 0.5) is 0 Å². The highest BCUT2D eigenvalue weighted by atomic mass is 16.5. The maximum Gasteiger partial charge on any atom is 0.120 e. The van der Waals surface area contributed by atoms with Gasteiger partial charge < -0.3 is 14.0 Å². The average molecular weight is 408 g/mol. The summed E-state index contributed by atoms with van der Waals surface area (Å²) in [6, 6.07) is 12.9. The predicted molar refractivity (Wildman–Crippen MR) is 123 cm³/mol. The van der Waals surface area contributed by atoms with Crippen LogP contribution in [0, 0.1) is 0 Å². The number of fused-ring (bicyclic) bond motifs is 3. The number of rotatable bonds is 8. The van der Waals surface area contributed by atoms with E-state index >= 15 is 0 Å². The zero-order valence-corrected chi connectivity index (χ0v) is 18.1. The lowest BCUT2D eigenvalue weighted by molar-refractivity contribution is 0.238. The summed E-state index contributed by atoms with van der Waals surface area (Å²) in [5.41, 5.74) is 2.46. The molecule has 2 aliphatic rings. The molecular weight excluding hydrogens is 374 g/mol. The Hall–Kier alpha value is -2.24. The third kappa shape index (κ3) is 4.14. The molecule has 3 aromatic rings. The van der Waals surface area contributed by atoms with Crippen LogP contribution < -0.4 is 9.47 Å². The Bertz CT molecular complexity index is 921. The summed E-state index contributed by atoms with van der Waals surface area (Å²) in [5.74, 6) is 1.91. The molecule has 0 saturated carbocycles. The van der Waals surface area contributed by atoms with E-state index in [9.17, 15) is 0 Å². The number of benzene rings is 2. The van der Waals surface area contributed by atoms with Crippen LogP contribution >= 0.6 is 0 Å². The second kappa shape index (κ2) is 8.86. The topological polar surface area (TPSA) is 29.9 Å². The summed E-state index contributed by atoms with van der Waals surface area (Å²) in [6.45, 7) is 8.39. The number of hydrogen-bond donors (Lipinski definition) is 0. The molecule has 160 valence electrons. The molecule has 1 aromatic heterocycles. The summed E-state index contributed by atoms with van der Waals surface area (Å²) < 4.78 is 14.5. The van der Waals surface area contributed by atoms with Gasteiger partial charge in [-0.2, -0.15) is 0 Å². The van der Waals surface area contributed by atoms with Crippen LogP contribution in [0.1, 0.15) is 25.7 Å². The van der Waals surface area contributed by atoms with E-state index in [0.29, 0.717) is 0 Å². The van der Waals surface area contributed by atoms with Crippen molar-refractivity contribution in [2.75, 3.05) is 52.5 Å². The van der Waals surface area contributed by atoms with Gasteiger partial charge in [0.2, 0.25) is 0 Å². The van der Waals surface area contributed by atoms with Gasteiger partial charge in [0.15, 0.2) is 0 Å². The summed E-state index contributed by atoms with van der Waals surface area (Å²) in [4.78, 5) is 4.98. The van der Waals surface area contributed by atoms with E-state index in [-0.39, 0.29) is 0 Å². The first-order valence-corrected chi connectivity index (χ1v) is 11.5. The normalized spacial score (nSPS) is 18.0. The number of hydrogen-bond acceptors (Lipinski definition) is 4. The van der Waals surface area contributed by atoms with E-state index in [0.717, 1.165) is 37.8 Å². The SMILES string of the molecule is Cn1c2ccc(OCCN3CCCC3)cc2c2cc(OCCN3CCCC3)ccc21. The average Bonchev–Trinajstić information content (AvgIpc) is 3.51. The van der Waals surface area contributed by atoms with Gasteiger partial charge in [-0.05, 0) is 88.3 Å². The number of likely N-dealkylation sites (tertiary alicyclic amines) is 2. The first-order valence-electron chi connectivity index (χ1n) is 11.5. The number of ether oxygens (including phenoxy) is 2. The van der Waals surface area contributed by atoms with E-state index in [1.165, 1.54) is 73.7 Å². The monoisotopic (exact) mass is 407 g/mol. The van der Waals surface area contributed by atoms with Crippen molar-refractivity contribution in [3.05, 3.63) is 36.4 Å². The smallest absolute Gasteiger partial charge is 0.120 e. The molecule has 2 aliphatic heterocycles. The second-order valence-electron chi connectivity index (χ2n) is 8.71. The van der Waals surface area contributed by atoms with Gasteiger partial charge in [-0.15, -0.1) is 0 Å². The van der Waals surface area contributed by atoms with E-state index in [1.54, 1.807) is 0 Å². The molecule has 0 spiro atoms. The quantitative estimate of drug-likeness (QED) is 0.557. The molecule has 5 rings (SSSR count). The summed E-state index contributed by atoms with van der Waals surface area (Å²) in [5, 5.41) is 2.47. The van der Waals surface area contributed by atoms with Crippen LogP contribution in [-0.4, -0.2) is 66.8 Å². The van der Waals surface area contributed by atoms with E-state index < -0.39 is 0 Å². The zero-order chi connectivity index (χ0) is 20.3. The van der Waals surface area contributed by atoms with E-state index in [4.69, 9.17) is 9.47 Å². The lowest BCUT2D eigenvalue weighted by atomic mass is 10.1. The van der Waals surface area contributed by atoms with Gasteiger partial charge in [0.25, 0.3) is 0 Å². The van der Waals surface area contributed by atoms with Gasteiger partial charge >= 0.3 is 0 Å². The molecule has 0 N–H and O–H groups in total. The van der Waals surface area contributed by atoms with Crippen molar-refractivity contribution < 1.29 is 9.47 Å². The van der Waals surface area contributed by atoms with Gasteiger partial charge in [-0.1, -0.05) is 0 Å². The van der Waals surface area contributed by atoms with Gasteiger partial charge in [-0.3, -0.25) is 9.80 Å². The molecule has 0 aliphatic carbocycles. The highest BCUT2D eigenvalue weighted by Gasteiger charge is 2.14. The fourth-order valence-corrected chi connectivity index (χ4v) is 4.95. The van der Waals surface area contributed by atoms with Crippen molar-refractivity contribution in [2.24, 2.45) is 7.05 Å². The van der Waals surface area contributed by atoms with Crippen LogP contribution in [0.25, 0.3) is 21.8 Å². The lowest BCUT2D eigenvalue weighted by Crippen LogP contribution is -2.25. The molecule has 2 saturated heterocycles. The minimum Gasteiger partial charge on any atom is -0.492 e. The van der Waals surface area contributed by atoms with Crippen LogP contribution in [-0.2, 0) is 7.05 Å². The highest BCUT2D eigenvalue weighted by Crippen LogP contribution is 2.33. The Morgan fingerprint density at radius 2 is 1.10 bits per heavy atom. The molecule has 0 atom stereocenters. The highest BCUT2D eigenvalue weighted by molar-refractivity contribution is 6.08. The Morgan fingerprint density at radius 1 is 0.667 bits per heavy atom. The molecule has 5 heteroatoms. The summed E-state index contributed by atoms with van der Waals surface area (Å²) in [7, 11) is 2.13. The first-order chi connectivity index (χ1) is 14.8. The van der Waals surface area contributed by atoms with Gasteiger partial charge in [-0.25, -0.2) is 0 Å². The molecule has 0 unspecified atom stereocenters. The Labute approximate surface area is 179 Å². The standard InChI is InChI=1S/C25H33N3O2/c1-26-24-8-6-20(29-16-14-27-10-2-3-11-27)18-22(24)23-19-21(7-9-25(23)26)30-17-15-28-12-4-5-13-28/h6-9,18-19H,2-5,10-17H2,1H3. The lowest BCUT2D eigenvalue weighted by Gasteiger charge is -2.15. The Morgan fingerprint density at radius 3 is 1.53 bits per heavy atom. The van der Waals surface area contributed by atoms with Gasteiger partial charge in [0.05, 0.1) is 0 Å². The van der Waals surface area contributed by atoms with Crippen molar-refractivity contribution in [3.8, 4) is 11.5 Å². The van der Waals surface area contributed by atoms with Crippen LogP contribution in [0.15, 0.2) is 36.4 Å². The fourth-order valence-electron chi connectivity index (χ4n) is 4.95. The summed E-state index contributed by atoms with van der Waals surface area (Å²) in [6.07, 6.45) is 5.30. The zero-order valence-electron chi connectivity index (χ0n) is 18.1. The Kier molecular flexibility index (Phi) is 5.82. The number of aromatic nitrogens is 1. The maximum absolute atomic E-state index is 6.10. The molecule has 0 radical (unpaired) electrons. The van der Waals surface area contributed by atoms with Crippen molar-refractivity contribution in [1.29, 1.82) is 0 Å². The first kappa shape index (κ1) is 19.7. The molecule has 0 amide bonds. The third-order valence-electron chi connectivity index (χ3n) is 6.70. The van der Waals surface area contributed by atoms with Crippen LogP contribution in [0.3, 0.4) is 0 Å². The second-order valence-corrected chi connectivity index (χ2v) is 8.71. The molecular formula is C25H33N3O2. The van der Waals surface area contributed by atoms with Crippen LogP contribution in [0.2, 0.25) is 0 Å². The van der Waals surface area contributed by atoms with Gasteiger partial charge in [0.1, 0.15) is 24.7 Å². The predicted octanol–water partition coefficient (Wildman–Crippen LogP) is 4.28. The third-order valence-corrected chi connectivity index (χ3v) is 6.70. The molecule has 3 heterocycles. The summed E-state index contributed by atoms with van der Waals surface area (Å²) >= 11 is 0. The van der Waals surface area contributed by atoms with Gasteiger partial charge in [0, 0.05) is 41.9 Å². The van der Waals surface area contributed by atoms with Crippen molar-refractivity contribution >= 4 is 21.8 Å². The van der Waals surface area contributed by atoms with E-state index in [2.05, 4.69) is 57.8 Å². The minimum absolute atomic E-state index is 0.751. The molecule has 0 bridgehead atoms. The van der Waals surface area contributed by atoms with Crippen molar-refractivity contribution in [1.82, 2.24) is 14.4 Å². The number of nitrogens with zero attached hydrogens (tertiary/aromatic N) is 3. The van der Waals surface area contributed by atoms with Crippen LogP contribution in [0.5, 0.6) is 11.5 Å². The maximum atomic E-state index is 6.10. The molecule has 5 nitrogen and oxygen atoms in total. The van der Waals surface area contributed by atoms with E-state index in [1.807, 2.05) is 0 Å². The van der Waals surface area contributed by atoms with Crippen molar-refractivity contribution in [3.63, 3.8) is 0 Å². The van der Waals surface area contributed by atoms with Crippen molar-refractivity contribution in [2.45, 2.75) is 25.7 Å². The largest absolute Gasteiger partial charge is 0.492 e. The molecule has 2 fully saturated rings. The molecule has 30 heavy (non-hydrogen) atoms. The fraction of sp³-hybridized carbons (Fsp3) is 0.520. The Balaban J connectivity index is 1.31. The molecule has 2 aromatic carbocycles.